The summed E-state index contributed by atoms with van der Waals surface area (Å²) in [5.41, 5.74) is 3.79. The van der Waals surface area contributed by atoms with E-state index in [2.05, 4.69) is 10.5 Å². The quantitative estimate of drug-likeness (QED) is 0.568. The van der Waals surface area contributed by atoms with Gasteiger partial charge in [-0.1, -0.05) is 12.1 Å². The van der Waals surface area contributed by atoms with Crippen LogP contribution in [0.4, 0.5) is 4.39 Å². The fourth-order valence-electron chi connectivity index (χ4n) is 0.849. The van der Waals surface area contributed by atoms with E-state index >= 15 is 0 Å². The molecule has 1 rings (SSSR count). The Bertz CT molecular complexity index is 309. The van der Waals surface area contributed by atoms with E-state index in [4.69, 9.17) is 0 Å². The number of nitrogens with zero attached hydrogens (tertiary/aromatic N) is 1. The fourth-order valence-corrected chi connectivity index (χ4v) is 0.849. The molecule has 0 saturated heterocycles. The Morgan fingerprint density at radius 3 is 2.29 bits per heavy atom. The van der Waals surface area contributed by atoms with Crippen molar-refractivity contribution in [2.45, 2.75) is 26.3 Å². The molecule has 1 aromatic carbocycles. The van der Waals surface area contributed by atoms with Gasteiger partial charge >= 0.3 is 0 Å². The van der Waals surface area contributed by atoms with Gasteiger partial charge in [0, 0.05) is 5.54 Å². The molecule has 0 saturated carbocycles. The van der Waals surface area contributed by atoms with Crippen molar-refractivity contribution in [3.05, 3.63) is 35.6 Å². The van der Waals surface area contributed by atoms with Gasteiger partial charge < -0.3 is 5.43 Å². The Morgan fingerprint density at radius 2 is 1.79 bits per heavy atom. The zero-order valence-corrected chi connectivity index (χ0v) is 8.71. The molecule has 2 nitrogen and oxygen atoms in total. The summed E-state index contributed by atoms with van der Waals surface area (Å²) in [7, 11) is 0. The molecule has 14 heavy (non-hydrogen) atoms. The molecule has 0 aromatic heterocycles. The average Bonchev–Trinajstić information content (AvgIpc) is 2.06. The van der Waals surface area contributed by atoms with Crippen LogP contribution in [0.1, 0.15) is 26.3 Å². The average molecular weight is 194 g/mol. The first-order valence-electron chi connectivity index (χ1n) is 4.53. The van der Waals surface area contributed by atoms with Crippen LogP contribution in [0.5, 0.6) is 0 Å². The molecule has 0 amide bonds. The zero-order chi connectivity index (χ0) is 10.6. The van der Waals surface area contributed by atoms with Gasteiger partial charge in [0.2, 0.25) is 0 Å². The lowest BCUT2D eigenvalue weighted by Gasteiger charge is -2.16. The van der Waals surface area contributed by atoms with Gasteiger partial charge in [-0.05, 0) is 38.5 Å². The molecule has 0 bridgehead atoms. The van der Waals surface area contributed by atoms with E-state index in [0.29, 0.717) is 0 Å². The van der Waals surface area contributed by atoms with Crippen LogP contribution in [-0.2, 0) is 0 Å². The topological polar surface area (TPSA) is 24.4 Å². The molecule has 0 aliphatic rings. The van der Waals surface area contributed by atoms with E-state index in [1.54, 1.807) is 18.3 Å². The maximum Gasteiger partial charge on any atom is 0.123 e. The molecule has 0 radical (unpaired) electrons. The summed E-state index contributed by atoms with van der Waals surface area (Å²) >= 11 is 0. The molecular weight excluding hydrogens is 179 g/mol. The van der Waals surface area contributed by atoms with Crippen LogP contribution >= 0.6 is 0 Å². The van der Waals surface area contributed by atoms with Crippen LogP contribution in [0.25, 0.3) is 0 Å². The second-order valence-corrected chi connectivity index (χ2v) is 4.17. The first-order valence-corrected chi connectivity index (χ1v) is 4.53. The van der Waals surface area contributed by atoms with Crippen molar-refractivity contribution in [1.29, 1.82) is 0 Å². The van der Waals surface area contributed by atoms with E-state index in [9.17, 15) is 4.39 Å². The van der Waals surface area contributed by atoms with Gasteiger partial charge in [0.05, 0.1) is 6.21 Å². The Kier molecular flexibility index (Phi) is 3.23. The number of rotatable bonds is 2. The highest BCUT2D eigenvalue weighted by atomic mass is 19.1. The lowest BCUT2D eigenvalue weighted by Crippen LogP contribution is -2.31. The zero-order valence-electron chi connectivity index (χ0n) is 8.71. The number of benzene rings is 1. The van der Waals surface area contributed by atoms with E-state index in [0.717, 1.165) is 5.56 Å². The molecular formula is C11H15FN2. The first-order chi connectivity index (χ1) is 6.47. The van der Waals surface area contributed by atoms with Crippen molar-refractivity contribution in [3.8, 4) is 0 Å². The predicted molar refractivity (Wildman–Crippen MR) is 56.9 cm³/mol. The Labute approximate surface area is 83.8 Å². The highest BCUT2D eigenvalue weighted by Gasteiger charge is 2.05. The predicted octanol–water partition coefficient (Wildman–Crippen LogP) is 2.55. The molecule has 0 aliphatic heterocycles. The fraction of sp³-hybridized carbons (Fsp3) is 0.364. The summed E-state index contributed by atoms with van der Waals surface area (Å²) in [6.07, 6.45) is 1.67. The summed E-state index contributed by atoms with van der Waals surface area (Å²) < 4.78 is 12.5. The minimum atomic E-state index is -0.231. The van der Waals surface area contributed by atoms with Gasteiger partial charge in [0.25, 0.3) is 0 Å². The minimum absolute atomic E-state index is 0.0451. The molecule has 0 unspecified atom stereocenters. The van der Waals surface area contributed by atoms with E-state index in [1.165, 1.54) is 12.1 Å². The van der Waals surface area contributed by atoms with Crippen LogP contribution < -0.4 is 5.43 Å². The molecule has 0 fully saturated rings. The van der Waals surface area contributed by atoms with Gasteiger partial charge in [-0.15, -0.1) is 0 Å². The van der Waals surface area contributed by atoms with Crippen molar-refractivity contribution < 1.29 is 4.39 Å². The lowest BCUT2D eigenvalue weighted by atomic mass is 10.1. The molecule has 1 aromatic rings. The van der Waals surface area contributed by atoms with Crippen molar-refractivity contribution in [2.75, 3.05) is 0 Å². The molecule has 3 heteroatoms. The van der Waals surface area contributed by atoms with Crippen LogP contribution in [0, 0.1) is 5.82 Å². The van der Waals surface area contributed by atoms with Gasteiger partial charge in [0.1, 0.15) is 5.82 Å². The summed E-state index contributed by atoms with van der Waals surface area (Å²) in [6, 6.07) is 6.20. The summed E-state index contributed by atoms with van der Waals surface area (Å²) in [6.45, 7) is 6.07. The van der Waals surface area contributed by atoms with Crippen molar-refractivity contribution in [2.24, 2.45) is 5.10 Å². The SMILES string of the molecule is CC(C)(C)N/N=C/c1ccc(F)cc1. The second-order valence-electron chi connectivity index (χ2n) is 4.17. The molecule has 0 atom stereocenters. The largest absolute Gasteiger partial charge is 0.305 e. The maximum absolute atomic E-state index is 12.5. The van der Waals surface area contributed by atoms with Gasteiger partial charge in [0.15, 0.2) is 0 Å². The lowest BCUT2D eigenvalue weighted by molar-refractivity contribution is 0.442. The normalized spacial score (nSPS) is 12.0. The van der Waals surface area contributed by atoms with Crippen molar-refractivity contribution >= 4 is 6.21 Å². The smallest absolute Gasteiger partial charge is 0.123 e. The maximum atomic E-state index is 12.5. The number of hydrogen-bond donors (Lipinski definition) is 1. The number of halogens is 1. The van der Waals surface area contributed by atoms with Crippen molar-refractivity contribution in [3.63, 3.8) is 0 Å². The van der Waals surface area contributed by atoms with Crippen LogP contribution in [-0.4, -0.2) is 11.8 Å². The molecule has 76 valence electrons. The van der Waals surface area contributed by atoms with Gasteiger partial charge in [-0.25, -0.2) is 4.39 Å². The van der Waals surface area contributed by atoms with E-state index in [1.807, 2.05) is 20.8 Å². The number of hydrogen-bond acceptors (Lipinski definition) is 2. The summed E-state index contributed by atoms with van der Waals surface area (Å²) in [5.74, 6) is -0.231. The Hall–Kier alpha value is -1.38. The molecule has 0 aliphatic carbocycles. The number of nitrogens with one attached hydrogen (secondary N) is 1. The Morgan fingerprint density at radius 1 is 1.21 bits per heavy atom. The molecule has 1 N–H and O–H groups in total. The Balaban J connectivity index is 2.57. The van der Waals surface area contributed by atoms with Gasteiger partial charge in [-0.3, -0.25) is 0 Å². The minimum Gasteiger partial charge on any atom is -0.305 e. The molecule has 0 spiro atoms. The summed E-state index contributed by atoms with van der Waals surface area (Å²) in [4.78, 5) is 0. The third kappa shape index (κ3) is 4.03. The van der Waals surface area contributed by atoms with Crippen molar-refractivity contribution in [1.82, 2.24) is 5.43 Å². The third-order valence-corrected chi connectivity index (χ3v) is 1.48. The van der Waals surface area contributed by atoms with E-state index in [-0.39, 0.29) is 11.4 Å². The van der Waals surface area contributed by atoms with E-state index < -0.39 is 0 Å². The monoisotopic (exact) mass is 194 g/mol. The van der Waals surface area contributed by atoms with Crippen LogP contribution in [0.15, 0.2) is 29.4 Å². The molecule has 0 heterocycles. The third-order valence-electron chi connectivity index (χ3n) is 1.48. The standard InChI is InChI=1S/C11H15FN2/c1-11(2,3)14-13-8-9-4-6-10(12)7-5-9/h4-8,14H,1-3H3/b13-8+. The second kappa shape index (κ2) is 4.22. The highest BCUT2D eigenvalue weighted by Crippen LogP contribution is 2.01. The summed E-state index contributed by atoms with van der Waals surface area (Å²) in [5, 5.41) is 4.05. The van der Waals surface area contributed by atoms with Gasteiger partial charge in [-0.2, -0.15) is 5.10 Å². The van der Waals surface area contributed by atoms with Crippen LogP contribution in [0.2, 0.25) is 0 Å². The number of hydrazone groups is 1. The van der Waals surface area contributed by atoms with Crippen LogP contribution in [0.3, 0.4) is 0 Å². The highest BCUT2D eigenvalue weighted by molar-refractivity contribution is 5.79. The first kappa shape index (κ1) is 10.7.